The zero-order valence-electron chi connectivity index (χ0n) is 4.20. The topological polar surface area (TPSA) is 41.6 Å². The standard InChI is InChI=1S/C4H6N3S/c1-3(8)4-5-2-6-7-4/h2-3,8H,1H2,(H,5,6,7). The molecule has 0 amide bonds. The minimum absolute atomic E-state index is 0.124. The van der Waals surface area contributed by atoms with Crippen LogP contribution in [0.5, 0.6) is 0 Å². The third-order valence-corrected chi connectivity index (χ3v) is 0.963. The van der Waals surface area contributed by atoms with Crippen LogP contribution in [-0.4, -0.2) is 15.2 Å². The Morgan fingerprint density at radius 3 is 2.88 bits per heavy atom. The molecule has 0 fully saturated rings. The molecule has 0 bridgehead atoms. The van der Waals surface area contributed by atoms with Gasteiger partial charge >= 0.3 is 0 Å². The highest BCUT2D eigenvalue weighted by Gasteiger charge is 2.00. The Morgan fingerprint density at radius 1 is 1.88 bits per heavy atom. The van der Waals surface area contributed by atoms with Gasteiger partial charge in [0.1, 0.15) is 6.33 Å². The highest BCUT2D eigenvalue weighted by atomic mass is 32.1. The van der Waals surface area contributed by atoms with Crippen LogP contribution in [0.3, 0.4) is 0 Å². The number of hydrogen-bond acceptors (Lipinski definition) is 3. The van der Waals surface area contributed by atoms with E-state index in [1.807, 2.05) is 0 Å². The summed E-state index contributed by atoms with van der Waals surface area (Å²) in [6.45, 7) is 3.60. The first-order chi connectivity index (χ1) is 3.80. The van der Waals surface area contributed by atoms with Gasteiger partial charge in [-0.2, -0.15) is 17.7 Å². The fourth-order valence-electron chi connectivity index (χ4n) is 0.379. The van der Waals surface area contributed by atoms with E-state index in [-0.39, 0.29) is 5.25 Å². The van der Waals surface area contributed by atoms with E-state index in [9.17, 15) is 0 Å². The number of hydrogen-bond donors (Lipinski definition) is 2. The van der Waals surface area contributed by atoms with Crippen LogP contribution in [0.25, 0.3) is 0 Å². The molecule has 8 heavy (non-hydrogen) atoms. The van der Waals surface area contributed by atoms with Gasteiger partial charge in [-0.05, 0) is 6.92 Å². The summed E-state index contributed by atoms with van der Waals surface area (Å²) in [5, 5.41) is 6.18. The quantitative estimate of drug-likeness (QED) is 0.544. The average Bonchev–Trinajstić information content (AvgIpc) is 2.12. The number of rotatable bonds is 1. The molecule has 1 radical (unpaired) electrons. The lowest BCUT2D eigenvalue weighted by atomic mass is 10.5. The molecule has 1 aromatic heterocycles. The van der Waals surface area contributed by atoms with Crippen molar-refractivity contribution in [3.8, 4) is 0 Å². The summed E-state index contributed by atoms with van der Waals surface area (Å²) in [6.07, 6.45) is 1.50. The average molecular weight is 128 g/mol. The monoisotopic (exact) mass is 128 g/mol. The third kappa shape index (κ3) is 1.01. The van der Waals surface area contributed by atoms with Crippen molar-refractivity contribution in [3.05, 3.63) is 19.1 Å². The van der Waals surface area contributed by atoms with E-state index in [1.165, 1.54) is 6.33 Å². The lowest BCUT2D eigenvalue weighted by molar-refractivity contribution is 0.979. The molecule has 43 valence electrons. The highest BCUT2D eigenvalue weighted by molar-refractivity contribution is 7.80. The Balaban J connectivity index is 2.77. The van der Waals surface area contributed by atoms with Crippen molar-refractivity contribution < 1.29 is 0 Å². The molecule has 1 rings (SSSR count). The SMILES string of the molecule is [CH2]C(S)c1nc[nH]n1. The van der Waals surface area contributed by atoms with E-state index in [1.54, 1.807) is 0 Å². The Morgan fingerprint density at radius 2 is 2.62 bits per heavy atom. The number of nitrogens with zero attached hydrogens (tertiary/aromatic N) is 2. The Bertz CT molecular complexity index is 146. The van der Waals surface area contributed by atoms with E-state index in [2.05, 4.69) is 34.7 Å². The second kappa shape index (κ2) is 2.17. The van der Waals surface area contributed by atoms with Crippen LogP contribution >= 0.6 is 12.6 Å². The van der Waals surface area contributed by atoms with Gasteiger partial charge in [0.05, 0.1) is 5.25 Å². The predicted molar refractivity (Wildman–Crippen MR) is 33.5 cm³/mol. The molecule has 1 heterocycles. The van der Waals surface area contributed by atoms with E-state index in [0.29, 0.717) is 5.82 Å². The molecular weight excluding hydrogens is 122 g/mol. The Labute approximate surface area is 52.9 Å². The number of thiol groups is 1. The largest absolute Gasteiger partial charge is 0.266 e. The van der Waals surface area contributed by atoms with Crippen molar-refractivity contribution in [2.24, 2.45) is 0 Å². The number of H-pyrrole nitrogens is 1. The van der Waals surface area contributed by atoms with E-state index in [4.69, 9.17) is 0 Å². The molecule has 1 N–H and O–H groups in total. The van der Waals surface area contributed by atoms with Crippen LogP contribution in [-0.2, 0) is 0 Å². The second-order valence-corrected chi connectivity index (χ2v) is 2.00. The zero-order valence-corrected chi connectivity index (χ0v) is 5.10. The molecule has 0 saturated heterocycles. The van der Waals surface area contributed by atoms with Crippen molar-refractivity contribution in [3.63, 3.8) is 0 Å². The number of nitrogens with one attached hydrogen (secondary N) is 1. The van der Waals surface area contributed by atoms with E-state index in [0.717, 1.165) is 0 Å². The fourth-order valence-corrected chi connectivity index (χ4v) is 0.504. The summed E-state index contributed by atoms with van der Waals surface area (Å²) in [4.78, 5) is 3.81. The van der Waals surface area contributed by atoms with Gasteiger partial charge in [-0.3, -0.25) is 5.10 Å². The van der Waals surface area contributed by atoms with Gasteiger partial charge in [0.25, 0.3) is 0 Å². The van der Waals surface area contributed by atoms with Gasteiger partial charge < -0.3 is 0 Å². The highest BCUT2D eigenvalue weighted by Crippen LogP contribution is 2.10. The molecule has 1 atom stereocenters. The van der Waals surface area contributed by atoms with E-state index >= 15 is 0 Å². The fraction of sp³-hybridized carbons (Fsp3) is 0.250. The molecule has 0 aliphatic heterocycles. The normalized spacial score (nSPS) is 13.8. The van der Waals surface area contributed by atoms with Gasteiger partial charge in [-0.25, -0.2) is 4.98 Å². The lowest BCUT2D eigenvalue weighted by Gasteiger charge is -1.91. The van der Waals surface area contributed by atoms with Gasteiger partial charge in [0, 0.05) is 0 Å². The maximum absolute atomic E-state index is 4.00. The van der Waals surface area contributed by atoms with Crippen LogP contribution in [0.15, 0.2) is 6.33 Å². The summed E-state index contributed by atoms with van der Waals surface area (Å²) >= 11 is 4.00. The van der Waals surface area contributed by atoms with Crippen LogP contribution in [0, 0.1) is 6.92 Å². The predicted octanol–water partition coefficient (Wildman–Crippen LogP) is 0.610. The second-order valence-electron chi connectivity index (χ2n) is 1.37. The molecule has 0 aliphatic carbocycles. The van der Waals surface area contributed by atoms with Gasteiger partial charge in [0.2, 0.25) is 0 Å². The van der Waals surface area contributed by atoms with Crippen LogP contribution in [0.1, 0.15) is 11.1 Å². The first-order valence-electron chi connectivity index (χ1n) is 2.17. The number of aromatic amines is 1. The first-order valence-corrected chi connectivity index (χ1v) is 2.69. The molecule has 0 spiro atoms. The minimum atomic E-state index is -0.124. The molecule has 1 unspecified atom stereocenters. The van der Waals surface area contributed by atoms with E-state index < -0.39 is 0 Å². The smallest absolute Gasteiger partial charge is 0.163 e. The zero-order chi connectivity index (χ0) is 5.98. The molecule has 3 nitrogen and oxygen atoms in total. The first kappa shape index (κ1) is 5.62. The number of aromatic nitrogens is 3. The Kier molecular flexibility index (Phi) is 1.53. The molecule has 0 aromatic carbocycles. The van der Waals surface area contributed by atoms with Crippen molar-refractivity contribution >= 4 is 12.6 Å². The maximum atomic E-state index is 4.00. The molecule has 0 aliphatic rings. The maximum Gasteiger partial charge on any atom is 0.163 e. The van der Waals surface area contributed by atoms with Crippen LogP contribution < -0.4 is 0 Å². The minimum Gasteiger partial charge on any atom is -0.266 e. The Hall–Kier alpha value is -0.510. The van der Waals surface area contributed by atoms with Crippen molar-refractivity contribution in [2.75, 3.05) is 0 Å². The molecule has 4 heteroatoms. The summed E-state index contributed by atoms with van der Waals surface area (Å²) in [5.41, 5.74) is 0. The molecule has 0 saturated carbocycles. The summed E-state index contributed by atoms with van der Waals surface area (Å²) < 4.78 is 0. The van der Waals surface area contributed by atoms with Crippen molar-refractivity contribution in [2.45, 2.75) is 5.25 Å². The summed E-state index contributed by atoms with van der Waals surface area (Å²) in [7, 11) is 0. The summed E-state index contributed by atoms with van der Waals surface area (Å²) in [5.74, 6) is 0.633. The van der Waals surface area contributed by atoms with Crippen LogP contribution in [0.2, 0.25) is 0 Å². The van der Waals surface area contributed by atoms with Gasteiger partial charge in [0.15, 0.2) is 5.82 Å². The van der Waals surface area contributed by atoms with Gasteiger partial charge in [-0.15, -0.1) is 0 Å². The third-order valence-electron chi connectivity index (χ3n) is 0.732. The molecular formula is C4H6N3S. The van der Waals surface area contributed by atoms with Gasteiger partial charge in [-0.1, -0.05) is 0 Å². The van der Waals surface area contributed by atoms with Crippen molar-refractivity contribution in [1.29, 1.82) is 0 Å². The van der Waals surface area contributed by atoms with Crippen LogP contribution in [0.4, 0.5) is 0 Å². The lowest BCUT2D eigenvalue weighted by Crippen LogP contribution is -1.86. The van der Waals surface area contributed by atoms with Crippen molar-refractivity contribution in [1.82, 2.24) is 15.2 Å². The molecule has 1 aromatic rings. The summed E-state index contributed by atoms with van der Waals surface area (Å²) in [6, 6.07) is 0.